The monoisotopic (exact) mass is 300 g/mol. The maximum atomic E-state index is 10.7. The Morgan fingerprint density at radius 1 is 1.27 bits per heavy atom. The van der Waals surface area contributed by atoms with Gasteiger partial charge in [0.2, 0.25) is 0 Å². The smallest absolute Gasteiger partial charge is 0.269 e. The van der Waals surface area contributed by atoms with Gasteiger partial charge in [-0.15, -0.1) is 0 Å². The molecule has 22 heavy (non-hydrogen) atoms. The highest BCUT2D eigenvalue weighted by molar-refractivity contribution is 5.52. The Bertz CT molecular complexity index is 704. The summed E-state index contributed by atoms with van der Waals surface area (Å²) in [5.74, 6) is 1.53. The minimum absolute atomic E-state index is 0.126. The number of nitrogens with zero attached hydrogens (tertiary/aromatic N) is 4. The molecule has 3 rings (SSSR count). The first-order valence-electron chi connectivity index (χ1n) is 7.51. The van der Waals surface area contributed by atoms with Crippen molar-refractivity contribution in [1.82, 2.24) is 9.55 Å². The van der Waals surface area contributed by atoms with Crippen LogP contribution in [0.5, 0.6) is 0 Å². The Kier molecular flexibility index (Phi) is 3.60. The van der Waals surface area contributed by atoms with Crippen molar-refractivity contribution in [2.75, 3.05) is 11.4 Å². The molecule has 116 valence electrons. The van der Waals surface area contributed by atoms with Gasteiger partial charge in [-0.2, -0.15) is 0 Å². The van der Waals surface area contributed by atoms with Gasteiger partial charge in [0, 0.05) is 49.4 Å². The fraction of sp³-hybridized carbons (Fsp3) is 0.438. The van der Waals surface area contributed by atoms with Gasteiger partial charge in [-0.3, -0.25) is 10.1 Å². The molecule has 0 radical (unpaired) electrons. The predicted octanol–water partition coefficient (Wildman–Crippen LogP) is 3.01. The second kappa shape index (κ2) is 5.44. The van der Waals surface area contributed by atoms with E-state index in [0.717, 1.165) is 36.7 Å². The quantitative estimate of drug-likeness (QED) is 0.645. The standard InChI is InChI=1S/C16H20N4O2/c1-11(2)16-17-14-10-19(9-8-15(14)18(16)3)12-4-6-13(7-5-12)20(21)22/h4-7,11H,8-10H2,1-3H3. The normalized spacial score (nSPS) is 14.3. The molecular formula is C16H20N4O2. The van der Waals surface area contributed by atoms with E-state index in [4.69, 9.17) is 4.98 Å². The Balaban J connectivity index is 1.85. The van der Waals surface area contributed by atoms with E-state index in [0.29, 0.717) is 5.92 Å². The second-order valence-electron chi connectivity index (χ2n) is 6.02. The first-order valence-corrected chi connectivity index (χ1v) is 7.51. The van der Waals surface area contributed by atoms with E-state index in [1.807, 2.05) is 12.1 Å². The largest absolute Gasteiger partial charge is 0.365 e. The number of aromatic nitrogens is 2. The fourth-order valence-electron chi connectivity index (χ4n) is 3.07. The van der Waals surface area contributed by atoms with Crippen LogP contribution in [-0.2, 0) is 20.0 Å². The highest BCUT2D eigenvalue weighted by Crippen LogP contribution is 2.27. The Hall–Kier alpha value is -2.37. The SMILES string of the molecule is CC(C)c1nc2c(n1C)CCN(c1ccc([N+](=O)[O-])cc1)C2. The summed E-state index contributed by atoms with van der Waals surface area (Å²) in [4.78, 5) is 17.4. The van der Waals surface area contributed by atoms with Crippen LogP contribution in [0.25, 0.3) is 0 Å². The van der Waals surface area contributed by atoms with Crippen molar-refractivity contribution in [2.24, 2.45) is 7.05 Å². The molecule has 1 aliphatic rings. The molecule has 0 amide bonds. The maximum Gasteiger partial charge on any atom is 0.269 e. The lowest BCUT2D eigenvalue weighted by Gasteiger charge is -2.28. The van der Waals surface area contributed by atoms with Gasteiger partial charge in [0.1, 0.15) is 5.82 Å². The van der Waals surface area contributed by atoms with Crippen LogP contribution < -0.4 is 4.90 Å². The van der Waals surface area contributed by atoms with E-state index in [9.17, 15) is 10.1 Å². The molecule has 0 fully saturated rings. The number of nitro groups is 1. The van der Waals surface area contributed by atoms with Crippen LogP contribution in [0.15, 0.2) is 24.3 Å². The van der Waals surface area contributed by atoms with Crippen LogP contribution in [-0.4, -0.2) is 21.0 Å². The second-order valence-corrected chi connectivity index (χ2v) is 6.02. The van der Waals surface area contributed by atoms with Crippen LogP contribution >= 0.6 is 0 Å². The summed E-state index contributed by atoms with van der Waals surface area (Å²) in [5.41, 5.74) is 3.56. The lowest BCUT2D eigenvalue weighted by atomic mass is 10.1. The van der Waals surface area contributed by atoms with Gasteiger partial charge in [0.05, 0.1) is 17.2 Å². The molecule has 0 saturated carbocycles. The van der Waals surface area contributed by atoms with Crippen molar-refractivity contribution in [3.05, 3.63) is 51.6 Å². The van der Waals surface area contributed by atoms with Crippen molar-refractivity contribution in [3.8, 4) is 0 Å². The summed E-state index contributed by atoms with van der Waals surface area (Å²) in [6.45, 7) is 5.97. The molecule has 0 atom stereocenters. The third kappa shape index (κ3) is 2.45. The molecule has 0 N–H and O–H groups in total. The number of anilines is 1. The molecule has 1 aliphatic heterocycles. The van der Waals surface area contributed by atoms with Gasteiger partial charge in [-0.25, -0.2) is 4.98 Å². The zero-order valence-electron chi connectivity index (χ0n) is 13.1. The lowest BCUT2D eigenvalue weighted by Crippen LogP contribution is -2.31. The molecule has 1 aromatic heterocycles. The number of rotatable bonds is 3. The van der Waals surface area contributed by atoms with E-state index < -0.39 is 0 Å². The Morgan fingerprint density at radius 3 is 2.55 bits per heavy atom. The molecule has 6 nitrogen and oxygen atoms in total. The molecule has 1 aromatic carbocycles. The molecule has 0 saturated heterocycles. The number of non-ortho nitro benzene ring substituents is 1. The summed E-state index contributed by atoms with van der Waals surface area (Å²) >= 11 is 0. The van der Waals surface area contributed by atoms with E-state index in [2.05, 4.69) is 30.4 Å². The molecule has 0 unspecified atom stereocenters. The minimum Gasteiger partial charge on any atom is -0.365 e. The number of fused-ring (bicyclic) bond motifs is 1. The van der Waals surface area contributed by atoms with E-state index in [1.165, 1.54) is 5.69 Å². The number of hydrogen-bond donors (Lipinski definition) is 0. The average Bonchev–Trinajstić information content (AvgIpc) is 2.84. The van der Waals surface area contributed by atoms with Crippen molar-refractivity contribution in [2.45, 2.75) is 32.7 Å². The number of imidazole rings is 1. The van der Waals surface area contributed by atoms with Crippen molar-refractivity contribution in [1.29, 1.82) is 0 Å². The summed E-state index contributed by atoms with van der Waals surface area (Å²) in [5, 5.41) is 10.7. The first kappa shape index (κ1) is 14.6. The van der Waals surface area contributed by atoms with Crippen molar-refractivity contribution in [3.63, 3.8) is 0 Å². The van der Waals surface area contributed by atoms with Crippen LogP contribution in [0.2, 0.25) is 0 Å². The van der Waals surface area contributed by atoms with Gasteiger partial charge >= 0.3 is 0 Å². The van der Waals surface area contributed by atoms with Crippen LogP contribution in [0, 0.1) is 10.1 Å². The molecule has 6 heteroatoms. The van der Waals surface area contributed by atoms with Gasteiger partial charge in [0.15, 0.2) is 0 Å². The molecule has 0 bridgehead atoms. The molecule has 0 aliphatic carbocycles. The molecular weight excluding hydrogens is 280 g/mol. The highest BCUT2D eigenvalue weighted by atomic mass is 16.6. The third-order valence-electron chi connectivity index (χ3n) is 4.23. The van der Waals surface area contributed by atoms with E-state index in [1.54, 1.807) is 12.1 Å². The van der Waals surface area contributed by atoms with Crippen molar-refractivity contribution >= 4 is 11.4 Å². The van der Waals surface area contributed by atoms with E-state index in [-0.39, 0.29) is 10.6 Å². The van der Waals surface area contributed by atoms with Crippen LogP contribution in [0.3, 0.4) is 0 Å². The highest BCUT2D eigenvalue weighted by Gasteiger charge is 2.24. The fourth-order valence-corrected chi connectivity index (χ4v) is 3.07. The van der Waals surface area contributed by atoms with Crippen LogP contribution in [0.4, 0.5) is 11.4 Å². The van der Waals surface area contributed by atoms with Crippen molar-refractivity contribution < 1.29 is 4.92 Å². The zero-order valence-corrected chi connectivity index (χ0v) is 13.1. The number of hydrogen-bond acceptors (Lipinski definition) is 4. The average molecular weight is 300 g/mol. The topological polar surface area (TPSA) is 64.2 Å². The summed E-state index contributed by atoms with van der Waals surface area (Å²) in [6.07, 6.45) is 0.947. The van der Waals surface area contributed by atoms with Gasteiger partial charge < -0.3 is 9.47 Å². The van der Waals surface area contributed by atoms with Gasteiger partial charge in [-0.1, -0.05) is 13.8 Å². The van der Waals surface area contributed by atoms with Gasteiger partial charge in [-0.05, 0) is 12.1 Å². The molecule has 0 spiro atoms. The maximum absolute atomic E-state index is 10.7. The molecule has 2 aromatic rings. The molecule has 2 heterocycles. The van der Waals surface area contributed by atoms with Crippen LogP contribution in [0.1, 0.15) is 37.0 Å². The van der Waals surface area contributed by atoms with E-state index >= 15 is 0 Å². The first-order chi connectivity index (χ1) is 10.5. The summed E-state index contributed by atoms with van der Waals surface area (Å²) < 4.78 is 2.22. The summed E-state index contributed by atoms with van der Waals surface area (Å²) in [7, 11) is 2.09. The third-order valence-corrected chi connectivity index (χ3v) is 4.23. The number of benzene rings is 1. The Morgan fingerprint density at radius 2 is 1.95 bits per heavy atom. The minimum atomic E-state index is -0.369. The number of nitro benzene ring substituents is 1. The zero-order chi connectivity index (χ0) is 15.9. The summed E-state index contributed by atoms with van der Waals surface area (Å²) in [6, 6.07) is 6.75. The lowest BCUT2D eigenvalue weighted by molar-refractivity contribution is -0.384. The van der Waals surface area contributed by atoms with Gasteiger partial charge in [0.25, 0.3) is 5.69 Å². The Labute approximate surface area is 129 Å². The predicted molar refractivity (Wildman–Crippen MR) is 85.1 cm³/mol.